The second-order valence-corrected chi connectivity index (χ2v) is 4.43. The average Bonchev–Trinajstić information content (AvgIpc) is 3.08. The van der Waals surface area contributed by atoms with Crippen molar-refractivity contribution in [2.45, 2.75) is 25.9 Å². The smallest absolute Gasteiger partial charge is 0.189 e. The van der Waals surface area contributed by atoms with Gasteiger partial charge in [-0.2, -0.15) is 0 Å². The first-order valence-corrected chi connectivity index (χ1v) is 5.85. The van der Waals surface area contributed by atoms with Crippen molar-refractivity contribution in [3.63, 3.8) is 0 Å². The fraction of sp³-hybridized carbons (Fsp3) is 0.538. The molecule has 1 saturated carbocycles. The maximum Gasteiger partial charge on any atom is 0.189 e. The molecule has 17 heavy (non-hydrogen) atoms. The third-order valence-corrected chi connectivity index (χ3v) is 2.77. The highest BCUT2D eigenvalue weighted by Gasteiger charge is 2.21. The number of benzene rings is 1. The molecule has 4 heteroatoms. The molecule has 0 unspecified atom stereocenters. The molecule has 94 valence electrons. The van der Waals surface area contributed by atoms with Gasteiger partial charge in [-0.3, -0.25) is 0 Å². The van der Waals surface area contributed by atoms with Crippen molar-refractivity contribution in [1.82, 2.24) is 0 Å². The molecule has 0 bridgehead atoms. The van der Waals surface area contributed by atoms with E-state index in [-0.39, 0.29) is 12.6 Å². The van der Waals surface area contributed by atoms with Gasteiger partial charge in [0.2, 0.25) is 0 Å². The molecule has 0 aromatic heterocycles. The number of hydrogen-bond acceptors (Lipinski definition) is 3. The molecule has 1 aromatic carbocycles. The van der Waals surface area contributed by atoms with Crippen LogP contribution in [0.1, 0.15) is 31.4 Å². The number of aliphatic hydroxyl groups is 1. The van der Waals surface area contributed by atoms with Gasteiger partial charge in [0.05, 0.1) is 12.7 Å². The van der Waals surface area contributed by atoms with Crippen molar-refractivity contribution in [2.24, 2.45) is 5.92 Å². The quantitative estimate of drug-likeness (QED) is 0.613. The highest BCUT2D eigenvalue weighted by Crippen LogP contribution is 2.29. The van der Waals surface area contributed by atoms with Crippen molar-refractivity contribution in [3.05, 3.63) is 29.6 Å². The molecular formula is C13H17FO3. The van der Waals surface area contributed by atoms with E-state index in [1.165, 1.54) is 31.0 Å². The zero-order valence-corrected chi connectivity index (χ0v) is 9.86. The van der Waals surface area contributed by atoms with Gasteiger partial charge >= 0.3 is 0 Å². The van der Waals surface area contributed by atoms with Crippen molar-refractivity contribution < 1.29 is 19.0 Å². The van der Waals surface area contributed by atoms with Crippen LogP contribution < -0.4 is 4.74 Å². The van der Waals surface area contributed by atoms with E-state index in [1.54, 1.807) is 6.92 Å². The van der Waals surface area contributed by atoms with Crippen LogP contribution in [0.3, 0.4) is 0 Å². The summed E-state index contributed by atoms with van der Waals surface area (Å²) in [4.78, 5) is 0. The minimum Gasteiger partial charge on any atom is -0.467 e. The summed E-state index contributed by atoms with van der Waals surface area (Å²) < 4.78 is 23.7. The van der Waals surface area contributed by atoms with Gasteiger partial charge in [-0.15, -0.1) is 0 Å². The van der Waals surface area contributed by atoms with Crippen molar-refractivity contribution in [2.75, 3.05) is 13.4 Å². The molecule has 0 amide bonds. The van der Waals surface area contributed by atoms with Gasteiger partial charge in [-0.05, 0) is 37.8 Å². The van der Waals surface area contributed by atoms with E-state index in [0.29, 0.717) is 23.8 Å². The van der Waals surface area contributed by atoms with E-state index in [0.717, 1.165) is 0 Å². The van der Waals surface area contributed by atoms with Gasteiger partial charge in [-0.25, -0.2) is 4.39 Å². The normalized spacial score (nSPS) is 16.9. The van der Waals surface area contributed by atoms with E-state index in [2.05, 4.69) is 0 Å². The number of aliphatic hydroxyl groups excluding tert-OH is 1. The number of ether oxygens (including phenoxy) is 2. The number of hydrogen-bond donors (Lipinski definition) is 1. The Kier molecular flexibility index (Phi) is 3.97. The summed E-state index contributed by atoms with van der Waals surface area (Å²) in [5.41, 5.74) is 0.571. The Morgan fingerprint density at radius 3 is 2.88 bits per heavy atom. The lowest BCUT2D eigenvalue weighted by molar-refractivity contribution is 0.00815. The number of halogens is 1. The van der Waals surface area contributed by atoms with Crippen molar-refractivity contribution in [3.8, 4) is 5.75 Å². The maximum absolute atomic E-state index is 13.1. The highest BCUT2D eigenvalue weighted by atomic mass is 19.1. The Labute approximate surface area is 100 Å². The van der Waals surface area contributed by atoms with Crippen LogP contribution in [0.4, 0.5) is 4.39 Å². The minimum atomic E-state index is -0.686. The molecule has 3 nitrogen and oxygen atoms in total. The lowest BCUT2D eigenvalue weighted by Gasteiger charge is -2.13. The predicted octanol–water partition coefficient (Wildman–Crippen LogP) is 2.64. The lowest BCUT2D eigenvalue weighted by Crippen LogP contribution is -2.07. The van der Waals surface area contributed by atoms with Crippen LogP contribution in [0.5, 0.6) is 5.75 Å². The zero-order chi connectivity index (χ0) is 12.3. The Bertz CT molecular complexity index is 375. The minimum absolute atomic E-state index is 0.0969. The summed E-state index contributed by atoms with van der Waals surface area (Å²) in [6, 6.07) is 4.10. The standard InChI is InChI=1S/C13H17FO3/c1-9(15)12-5-4-11(14)6-13(12)17-8-16-7-10-2-3-10/h4-6,9-10,15H,2-3,7-8H2,1H3/t9-/m0/s1. The van der Waals surface area contributed by atoms with E-state index in [9.17, 15) is 9.50 Å². The Hall–Kier alpha value is -1.13. The molecule has 2 rings (SSSR count). The van der Waals surface area contributed by atoms with Gasteiger partial charge in [0, 0.05) is 11.6 Å². The summed E-state index contributed by atoms with van der Waals surface area (Å²) in [6.45, 7) is 2.41. The Balaban J connectivity index is 1.89. The summed E-state index contributed by atoms with van der Waals surface area (Å²) >= 11 is 0. The molecule has 1 aliphatic carbocycles. The predicted molar refractivity (Wildman–Crippen MR) is 61.2 cm³/mol. The SMILES string of the molecule is C[C@H](O)c1ccc(F)cc1OCOCC1CC1. The Morgan fingerprint density at radius 1 is 1.47 bits per heavy atom. The van der Waals surface area contributed by atoms with E-state index in [4.69, 9.17) is 9.47 Å². The van der Waals surface area contributed by atoms with E-state index in [1.807, 2.05) is 0 Å². The lowest BCUT2D eigenvalue weighted by atomic mass is 10.1. The van der Waals surface area contributed by atoms with Crippen LogP contribution in [-0.2, 0) is 4.74 Å². The van der Waals surface area contributed by atoms with Crippen molar-refractivity contribution in [1.29, 1.82) is 0 Å². The summed E-state index contributed by atoms with van der Waals surface area (Å²) in [6.07, 6.45) is 1.76. The van der Waals surface area contributed by atoms with Gasteiger partial charge in [0.25, 0.3) is 0 Å². The van der Waals surface area contributed by atoms with Crippen LogP contribution >= 0.6 is 0 Å². The summed E-state index contributed by atoms with van der Waals surface area (Å²) in [5, 5.41) is 9.51. The van der Waals surface area contributed by atoms with E-state index < -0.39 is 6.10 Å². The topological polar surface area (TPSA) is 38.7 Å². The van der Waals surface area contributed by atoms with Gasteiger partial charge in [-0.1, -0.05) is 0 Å². The van der Waals surface area contributed by atoms with Crippen LogP contribution in [0.25, 0.3) is 0 Å². The van der Waals surface area contributed by atoms with Gasteiger partial charge in [0.15, 0.2) is 6.79 Å². The van der Waals surface area contributed by atoms with E-state index >= 15 is 0 Å². The molecule has 0 saturated heterocycles. The molecule has 1 fully saturated rings. The molecule has 1 atom stereocenters. The fourth-order valence-electron chi connectivity index (χ4n) is 1.58. The zero-order valence-electron chi connectivity index (χ0n) is 9.86. The Morgan fingerprint density at radius 2 is 2.24 bits per heavy atom. The van der Waals surface area contributed by atoms with Crippen LogP contribution in [-0.4, -0.2) is 18.5 Å². The second kappa shape index (κ2) is 5.47. The highest BCUT2D eigenvalue weighted by molar-refractivity contribution is 5.35. The van der Waals surface area contributed by atoms with Crippen molar-refractivity contribution >= 4 is 0 Å². The van der Waals surface area contributed by atoms with Crippen LogP contribution in [0.15, 0.2) is 18.2 Å². The third-order valence-electron chi connectivity index (χ3n) is 2.77. The first-order chi connectivity index (χ1) is 8.16. The molecule has 0 spiro atoms. The second-order valence-electron chi connectivity index (χ2n) is 4.43. The molecule has 0 aliphatic heterocycles. The summed E-state index contributed by atoms with van der Waals surface area (Å²) in [5.74, 6) is 0.629. The molecule has 0 radical (unpaired) electrons. The van der Waals surface area contributed by atoms with Gasteiger partial charge < -0.3 is 14.6 Å². The van der Waals surface area contributed by atoms with Crippen LogP contribution in [0, 0.1) is 11.7 Å². The first kappa shape index (κ1) is 12.3. The fourth-order valence-corrected chi connectivity index (χ4v) is 1.58. The number of rotatable bonds is 6. The molecule has 0 heterocycles. The largest absolute Gasteiger partial charge is 0.467 e. The molecular weight excluding hydrogens is 223 g/mol. The molecule has 1 aromatic rings. The molecule has 1 N–H and O–H groups in total. The maximum atomic E-state index is 13.1. The average molecular weight is 240 g/mol. The monoisotopic (exact) mass is 240 g/mol. The molecule has 1 aliphatic rings. The third kappa shape index (κ3) is 3.68. The first-order valence-electron chi connectivity index (χ1n) is 5.85. The van der Waals surface area contributed by atoms with Gasteiger partial charge in [0.1, 0.15) is 11.6 Å². The van der Waals surface area contributed by atoms with Crippen LogP contribution in [0.2, 0.25) is 0 Å². The summed E-state index contributed by atoms with van der Waals surface area (Å²) in [7, 11) is 0.